The van der Waals surface area contributed by atoms with Gasteiger partial charge in [-0.3, -0.25) is 29.3 Å². The molecule has 0 saturated heterocycles. The Kier molecular flexibility index (Phi) is 66.9. The van der Waals surface area contributed by atoms with Crippen LogP contribution in [0.3, 0.4) is 0 Å². The minimum atomic E-state index is -5.08. The number of nitro benzene ring substituents is 1. The lowest BCUT2D eigenvalue weighted by Gasteiger charge is -2.18. The van der Waals surface area contributed by atoms with Crippen molar-refractivity contribution < 1.29 is 133 Å². The van der Waals surface area contributed by atoms with Crippen molar-refractivity contribution in [1.29, 1.82) is 5.26 Å². The molecule has 0 aliphatic rings. The van der Waals surface area contributed by atoms with Gasteiger partial charge in [-0.25, -0.2) is 28.8 Å². The number of nitrogens with one attached hydrogen (secondary N) is 3. The number of azide groups is 4. The van der Waals surface area contributed by atoms with Gasteiger partial charge < -0.3 is 87.1 Å². The second-order valence-electron chi connectivity index (χ2n) is 25.0. The number of amides is 3. The first-order valence-electron chi connectivity index (χ1n) is 37.2. The monoisotopic (exact) mass is 2000 g/mol. The number of esters is 1. The van der Waals surface area contributed by atoms with Gasteiger partial charge in [0.2, 0.25) is 0 Å². The van der Waals surface area contributed by atoms with Gasteiger partial charge in [0.15, 0.2) is 6.61 Å². The van der Waals surface area contributed by atoms with Gasteiger partial charge in [0, 0.05) is 102 Å². The number of carboxylic acid groups (broad SMARTS) is 5. The smallest absolute Gasteiger partial charge is 0.481 e. The molecule has 5 aromatic carbocycles. The van der Waals surface area contributed by atoms with Gasteiger partial charge >= 0.3 is 72.6 Å². The third kappa shape index (κ3) is 60.1. The molecular formula is C74H94F6N20O23S8. The molecule has 0 fully saturated rings. The summed E-state index contributed by atoms with van der Waals surface area (Å²) in [5.74, 6) is -9.33. The van der Waals surface area contributed by atoms with E-state index in [1.165, 1.54) is 45.9 Å². The second kappa shape index (κ2) is 72.1. The predicted molar refractivity (Wildman–Crippen MR) is 486 cm³/mol. The fraction of sp³-hybridized carbons (Fsp3) is 0.446. The van der Waals surface area contributed by atoms with Crippen LogP contribution < -0.4 is 37.9 Å². The average Bonchev–Trinajstić information content (AvgIpc) is 0.875. The molecule has 43 nitrogen and oxygen atoms in total. The van der Waals surface area contributed by atoms with Gasteiger partial charge in [-0.2, -0.15) is 31.6 Å². The molecule has 0 aromatic heterocycles. The fourth-order valence-corrected chi connectivity index (χ4v) is 16.6. The van der Waals surface area contributed by atoms with Crippen LogP contribution in [0.5, 0.6) is 5.75 Å². The molecule has 0 saturated carbocycles. The van der Waals surface area contributed by atoms with E-state index in [0.29, 0.717) is 121 Å². The zero-order chi connectivity index (χ0) is 99.3. The van der Waals surface area contributed by atoms with Crippen LogP contribution >= 0.6 is 86.4 Å². The number of nitro groups is 1. The van der Waals surface area contributed by atoms with E-state index in [9.17, 15) is 74.8 Å². The molecule has 0 bridgehead atoms. The van der Waals surface area contributed by atoms with Crippen molar-refractivity contribution in [2.45, 2.75) is 137 Å². The number of rotatable bonds is 46. The van der Waals surface area contributed by atoms with Crippen LogP contribution in [0.15, 0.2) is 142 Å². The van der Waals surface area contributed by atoms with Crippen LogP contribution in [0.4, 0.5) is 74.0 Å². The van der Waals surface area contributed by atoms with Gasteiger partial charge in [-0.05, 0) is 133 Å². The number of nitrogens with zero attached hydrogens (tertiary/aromatic N) is 14. The Bertz CT molecular complexity index is 4490. The summed E-state index contributed by atoms with van der Waals surface area (Å²) in [5.41, 5.74) is 54.3. The lowest BCUT2D eigenvalue weighted by atomic mass is 10.0. The van der Waals surface area contributed by atoms with Crippen LogP contribution in [0.1, 0.15) is 87.5 Å². The van der Waals surface area contributed by atoms with Crippen molar-refractivity contribution in [2.24, 2.45) is 49.5 Å². The molecule has 8 atom stereocenters. The van der Waals surface area contributed by atoms with Crippen LogP contribution in [-0.4, -0.2) is 194 Å². The van der Waals surface area contributed by atoms with Gasteiger partial charge in [-0.1, -0.05) is 218 Å². The summed E-state index contributed by atoms with van der Waals surface area (Å²) in [7, 11) is 12.7. The van der Waals surface area contributed by atoms with Crippen LogP contribution in [0.25, 0.3) is 41.8 Å². The number of alkyl halides is 6. The third-order valence-corrected chi connectivity index (χ3v) is 24.6. The maximum atomic E-state index is 12.0. The standard InChI is InChI=1S/C18H23N5O4S2.C16H22N4O4S2.C15H21N5O4S2.C14H10N4O5.C7H16N2O2S2.2C2HF3O2/c1-13(17(24)26-10-9-19)7-8-15(29-28-2)11-21-18(25)27-12-14-5-3-4-6-16(14)22-23-20;1-11(15(21)22)7-8-13(26-25-2)9-18-16(23)24-10-12-5-3-4-6-14(12)19-20-17;1-25-26-11(6-7-12(16)14(21)22)8-18-15(23)24-9-10-4-2-3-5-13(10)19-20-17;15-17-16-13-4-2-1-3-10(13)9-22-14(19)23-12-7-5-11(6-8-12)18(20)21;1-12-13-5(4-8)2-3-6(9)7(10)11;2*3-2(4,5)1(6)7/h3-6,13,15H,7-8,10-12H2,1-2H3,(H,21,25);3-6,11,13H,7-10H2,1-2H3,(H,18,23)(H,21,22);2-5,11-12H,6-9,16H2,1H3,(H,18,23)(H,21,22);1-8H,9H2;5-6H,2-4,8-9H2,1H3,(H,10,11);2*(H,6,7)/t13-,15-;11-,13-;11-,12-;;5-,6-;;/m000.0../s1. The van der Waals surface area contributed by atoms with Crippen molar-refractivity contribution in [3.8, 4) is 11.8 Å². The number of carbonyl (C=O) groups excluding carboxylic acids is 5. The molecule has 131 heavy (non-hydrogen) atoms. The summed E-state index contributed by atoms with van der Waals surface area (Å²) in [5, 5.41) is 82.2. The highest BCUT2D eigenvalue weighted by Gasteiger charge is 2.39. The first-order valence-corrected chi connectivity index (χ1v) is 47.7. The minimum Gasteiger partial charge on any atom is -0.481 e. The Morgan fingerprint density at radius 2 is 0.756 bits per heavy atom. The molecule has 5 rings (SSSR count). The van der Waals surface area contributed by atoms with Gasteiger partial charge in [0.25, 0.3) is 5.69 Å². The number of benzene rings is 5. The number of aliphatic carboxylic acids is 5. The molecule has 0 spiro atoms. The molecule has 0 aliphatic carbocycles. The first-order chi connectivity index (χ1) is 62.1. The molecular weight excluding hydrogens is 1910 g/mol. The quantitative estimate of drug-likeness (QED) is 0.00165. The molecule has 0 heterocycles. The SMILES string of the molecule is CSS[C@@H](CC[C@H](C)C(=O)O)CNC(=O)OCc1ccccc1N=[N+]=[N-].CSS[C@@H](CC[C@H](C)C(=O)OCC#N)CNC(=O)OCc1ccccc1N=[N+]=[N-].CSS[C@@H](CC[C@H](N)C(=O)O)CNC(=O)OCc1ccccc1N=[N+]=[N-].CSS[C@H](CN)CC[C@H](N)C(=O)O.O=C(O)C(F)(F)F.O=C(O)C(F)(F)F.[N-]=[N+]=Nc1ccccc1COC(=O)Oc1ccc([N+](=O)[O-])cc1. The van der Waals surface area contributed by atoms with Crippen molar-refractivity contribution >= 4 is 175 Å². The molecule has 0 unspecified atom stereocenters. The van der Waals surface area contributed by atoms with E-state index in [4.69, 9.17) is 108 Å². The van der Waals surface area contributed by atoms with Gasteiger partial charge in [0.1, 0.15) is 50.3 Å². The first kappa shape index (κ1) is 121. The average molecular weight is 2000 g/mol. The molecule has 718 valence electrons. The van der Waals surface area contributed by atoms with Crippen LogP contribution in [-0.2, 0) is 78.9 Å². The maximum Gasteiger partial charge on any atom is 0.514 e. The highest BCUT2D eigenvalue weighted by Crippen LogP contribution is 2.32. The number of hydrogen-bond donors (Lipinski definition) is 11. The van der Waals surface area contributed by atoms with Crippen molar-refractivity contribution in [2.75, 3.05) is 57.8 Å². The Labute approximate surface area is 776 Å². The number of nitriles is 1. The van der Waals surface area contributed by atoms with E-state index in [1.54, 1.807) is 182 Å². The topological polar surface area (TPSA) is 703 Å². The number of alkyl carbamates (subject to hydrolysis) is 3. The maximum absolute atomic E-state index is 12.0. The summed E-state index contributed by atoms with van der Waals surface area (Å²) >= 11 is 0. The summed E-state index contributed by atoms with van der Waals surface area (Å²) < 4.78 is 93.6. The summed E-state index contributed by atoms with van der Waals surface area (Å²) in [6.45, 7) is 4.66. The van der Waals surface area contributed by atoms with E-state index >= 15 is 0 Å². The Balaban J connectivity index is 0. The van der Waals surface area contributed by atoms with Crippen LogP contribution in [0, 0.1) is 33.3 Å². The largest absolute Gasteiger partial charge is 0.514 e. The predicted octanol–water partition coefficient (Wildman–Crippen LogP) is 18.9. The molecule has 14 N–H and O–H groups in total. The molecule has 5 aromatic rings. The minimum absolute atomic E-state index is 0.00257. The van der Waals surface area contributed by atoms with E-state index in [1.807, 2.05) is 25.0 Å². The van der Waals surface area contributed by atoms with E-state index in [-0.39, 0.29) is 66.1 Å². The normalized spacial score (nSPS) is 12.0. The zero-order valence-electron chi connectivity index (χ0n) is 70.3. The molecule has 57 heteroatoms. The highest BCUT2D eigenvalue weighted by atomic mass is 33.1. The number of hydrogen-bond acceptors (Lipinski definition) is 34. The van der Waals surface area contributed by atoms with Gasteiger partial charge in [-0.15, -0.1) is 0 Å². The number of non-ortho nitro benzene ring substituents is 1. The number of halogens is 6. The fourth-order valence-electron chi connectivity index (χ4n) is 8.83. The summed E-state index contributed by atoms with van der Waals surface area (Å²) in [4.78, 5) is 130. The Morgan fingerprint density at radius 1 is 0.466 bits per heavy atom. The van der Waals surface area contributed by atoms with Crippen LogP contribution in [0.2, 0.25) is 0 Å². The van der Waals surface area contributed by atoms with Crippen molar-refractivity contribution in [3.63, 3.8) is 0 Å². The number of nitrogens with two attached hydrogens (primary N) is 3. The van der Waals surface area contributed by atoms with Crippen molar-refractivity contribution in [3.05, 3.63) is 195 Å². The summed E-state index contributed by atoms with van der Waals surface area (Å²) in [6, 6.07) is 32.2. The lowest BCUT2D eigenvalue weighted by Crippen LogP contribution is -2.34. The Morgan fingerprint density at radius 3 is 1.03 bits per heavy atom. The lowest BCUT2D eigenvalue weighted by molar-refractivity contribution is -0.384. The Hall–Kier alpha value is -11.6. The number of ether oxygens (including phenoxy) is 6. The second-order valence-corrected chi connectivity index (χ2v) is 36.1. The number of carboxylic acids is 5. The molecule has 0 radical (unpaired) electrons. The van der Waals surface area contributed by atoms with Crippen molar-refractivity contribution in [1.82, 2.24) is 16.0 Å². The van der Waals surface area contributed by atoms with E-state index in [0.717, 1.165) is 6.42 Å². The summed E-state index contributed by atoms with van der Waals surface area (Å²) in [6.07, 6.45) is -0.517. The number of carbonyl (C=O) groups is 10. The third-order valence-electron chi connectivity index (χ3n) is 15.5. The molecule has 3 amide bonds. The van der Waals surface area contributed by atoms with Gasteiger partial charge in [0.05, 0.1) is 16.8 Å². The highest BCUT2D eigenvalue weighted by molar-refractivity contribution is 8.77. The van der Waals surface area contributed by atoms with E-state index in [2.05, 4.69) is 56.1 Å². The zero-order valence-corrected chi connectivity index (χ0v) is 76.8. The molecule has 0 aliphatic heterocycles. The van der Waals surface area contributed by atoms with E-state index < -0.39 is 95.5 Å².